The fraction of sp³-hybridized carbons (Fsp3) is 0.474. The molecule has 0 aromatic carbocycles. The molecule has 0 unspecified atom stereocenters. The Balaban J connectivity index is 1.48. The number of carbonyl (C=O) groups is 1. The van der Waals surface area contributed by atoms with E-state index in [2.05, 4.69) is 25.1 Å². The molecule has 3 aromatic heterocycles. The highest BCUT2D eigenvalue weighted by Gasteiger charge is 2.29. The van der Waals surface area contributed by atoms with Crippen LogP contribution < -0.4 is 0 Å². The van der Waals surface area contributed by atoms with E-state index in [-0.39, 0.29) is 17.7 Å². The van der Waals surface area contributed by atoms with Gasteiger partial charge in [-0.25, -0.2) is 9.97 Å². The highest BCUT2D eigenvalue weighted by Crippen LogP contribution is 2.27. The molecule has 1 amide bonds. The van der Waals surface area contributed by atoms with Gasteiger partial charge >= 0.3 is 0 Å². The van der Waals surface area contributed by atoms with E-state index in [1.807, 2.05) is 36.7 Å². The van der Waals surface area contributed by atoms with Gasteiger partial charge in [-0.1, -0.05) is 19.0 Å². The molecule has 1 aliphatic heterocycles. The standard InChI is InChI=1S/C19H23N5O2S/c1-13(2)17-8-16(22-26-17)19(25)24-6-3-4-14(9-24)18-20-5-7-23(18)10-15-11-27-12-21-15/h5,7-8,11-14H,3-4,6,9-10H2,1-2H3/t14-/m1/s1. The highest BCUT2D eigenvalue weighted by molar-refractivity contribution is 7.07. The average molecular weight is 385 g/mol. The van der Waals surface area contributed by atoms with Crippen molar-refractivity contribution >= 4 is 17.2 Å². The first-order valence-corrected chi connectivity index (χ1v) is 10.2. The normalized spacial score (nSPS) is 17.6. The number of aromatic nitrogens is 4. The topological polar surface area (TPSA) is 77.1 Å². The Labute approximate surface area is 162 Å². The quantitative estimate of drug-likeness (QED) is 0.672. The molecular formula is C19H23N5O2S. The lowest BCUT2D eigenvalue weighted by molar-refractivity contribution is 0.0692. The van der Waals surface area contributed by atoms with Crippen LogP contribution in [0, 0.1) is 0 Å². The number of imidazole rings is 1. The number of carbonyl (C=O) groups excluding carboxylic acids is 1. The predicted octanol–water partition coefficient (Wildman–Crippen LogP) is 3.52. The summed E-state index contributed by atoms with van der Waals surface area (Å²) in [5.74, 6) is 2.13. The van der Waals surface area contributed by atoms with E-state index in [1.165, 1.54) is 0 Å². The summed E-state index contributed by atoms with van der Waals surface area (Å²) in [5, 5.41) is 6.03. The van der Waals surface area contributed by atoms with Crippen LogP contribution in [0.2, 0.25) is 0 Å². The van der Waals surface area contributed by atoms with Crippen LogP contribution in [0.15, 0.2) is 33.9 Å². The van der Waals surface area contributed by atoms with Crippen LogP contribution in [-0.4, -0.2) is 43.6 Å². The van der Waals surface area contributed by atoms with E-state index in [4.69, 9.17) is 4.52 Å². The van der Waals surface area contributed by atoms with Crippen molar-refractivity contribution in [3.63, 3.8) is 0 Å². The fourth-order valence-electron chi connectivity index (χ4n) is 3.50. The second kappa shape index (κ2) is 7.64. The molecule has 4 heterocycles. The maximum Gasteiger partial charge on any atom is 0.276 e. The molecule has 0 N–H and O–H groups in total. The fourth-order valence-corrected chi connectivity index (χ4v) is 4.05. The van der Waals surface area contributed by atoms with Crippen LogP contribution in [0.25, 0.3) is 0 Å². The molecule has 8 heteroatoms. The van der Waals surface area contributed by atoms with Gasteiger partial charge in [-0.05, 0) is 12.8 Å². The summed E-state index contributed by atoms with van der Waals surface area (Å²) in [4.78, 5) is 23.7. The average Bonchev–Trinajstić information content (AvgIpc) is 3.43. The molecule has 1 fully saturated rings. The second-order valence-corrected chi connectivity index (χ2v) is 7.97. The predicted molar refractivity (Wildman–Crippen MR) is 102 cm³/mol. The largest absolute Gasteiger partial charge is 0.360 e. The summed E-state index contributed by atoms with van der Waals surface area (Å²) in [6, 6.07) is 1.76. The van der Waals surface area contributed by atoms with Crippen LogP contribution in [0.5, 0.6) is 0 Å². The Morgan fingerprint density at radius 1 is 1.41 bits per heavy atom. The van der Waals surface area contributed by atoms with Gasteiger partial charge in [0.2, 0.25) is 0 Å². The number of piperidine rings is 1. The summed E-state index contributed by atoms with van der Waals surface area (Å²) < 4.78 is 7.43. The van der Waals surface area contributed by atoms with Crippen molar-refractivity contribution in [1.82, 2.24) is 24.6 Å². The van der Waals surface area contributed by atoms with Gasteiger partial charge in [0.15, 0.2) is 5.69 Å². The summed E-state index contributed by atoms with van der Waals surface area (Å²) in [6.45, 7) is 6.15. The first-order valence-electron chi connectivity index (χ1n) is 9.26. The molecule has 142 valence electrons. The first-order chi connectivity index (χ1) is 13.1. The molecule has 0 aliphatic carbocycles. The summed E-state index contributed by atoms with van der Waals surface area (Å²) in [5.41, 5.74) is 3.27. The van der Waals surface area contributed by atoms with E-state index in [1.54, 1.807) is 17.4 Å². The van der Waals surface area contributed by atoms with E-state index in [9.17, 15) is 4.79 Å². The summed E-state index contributed by atoms with van der Waals surface area (Å²) in [6.07, 6.45) is 5.79. The third-order valence-corrected chi connectivity index (χ3v) is 5.59. The van der Waals surface area contributed by atoms with E-state index in [0.29, 0.717) is 18.8 Å². The van der Waals surface area contributed by atoms with Gasteiger partial charge in [0.05, 0.1) is 17.7 Å². The minimum absolute atomic E-state index is 0.0621. The molecule has 3 aromatic rings. The molecule has 27 heavy (non-hydrogen) atoms. The molecule has 1 aliphatic rings. The minimum Gasteiger partial charge on any atom is -0.360 e. The van der Waals surface area contributed by atoms with Crippen LogP contribution in [-0.2, 0) is 6.54 Å². The van der Waals surface area contributed by atoms with Gasteiger partial charge in [0, 0.05) is 48.8 Å². The van der Waals surface area contributed by atoms with Crippen molar-refractivity contribution in [3.8, 4) is 0 Å². The molecule has 0 bridgehead atoms. The van der Waals surface area contributed by atoms with Crippen molar-refractivity contribution in [2.24, 2.45) is 0 Å². The Morgan fingerprint density at radius 2 is 2.30 bits per heavy atom. The molecule has 4 rings (SSSR count). The Morgan fingerprint density at radius 3 is 3.04 bits per heavy atom. The van der Waals surface area contributed by atoms with E-state index >= 15 is 0 Å². The lowest BCUT2D eigenvalue weighted by Crippen LogP contribution is -2.40. The molecule has 0 saturated carbocycles. The van der Waals surface area contributed by atoms with Crippen LogP contribution >= 0.6 is 11.3 Å². The van der Waals surface area contributed by atoms with E-state index < -0.39 is 0 Å². The van der Waals surface area contributed by atoms with Crippen LogP contribution in [0.3, 0.4) is 0 Å². The third kappa shape index (κ3) is 3.80. The number of rotatable bonds is 5. The molecular weight excluding hydrogens is 362 g/mol. The minimum atomic E-state index is -0.0621. The lowest BCUT2D eigenvalue weighted by atomic mass is 9.96. The Bertz CT molecular complexity index is 899. The highest BCUT2D eigenvalue weighted by atomic mass is 32.1. The molecule has 1 atom stereocenters. The van der Waals surface area contributed by atoms with Crippen molar-refractivity contribution in [2.75, 3.05) is 13.1 Å². The second-order valence-electron chi connectivity index (χ2n) is 7.25. The molecule has 0 radical (unpaired) electrons. The van der Waals surface area contributed by atoms with Crippen molar-refractivity contribution < 1.29 is 9.32 Å². The number of likely N-dealkylation sites (tertiary alicyclic amines) is 1. The first kappa shape index (κ1) is 17.9. The zero-order valence-electron chi connectivity index (χ0n) is 15.5. The summed E-state index contributed by atoms with van der Waals surface area (Å²) >= 11 is 1.60. The number of hydrogen-bond donors (Lipinski definition) is 0. The van der Waals surface area contributed by atoms with Crippen molar-refractivity contribution in [2.45, 2.75) is 45.1 Å². The SMILES string of the molecule is CC(C)c1cc(C(=O)N2CCC[C@@H](c3nccn3Cc3cscn3)C2)no1. The molecule has 0 spiro atoms. The number of nitrogens with zero attached hydrogens (tertiary/aromatic N) is 5. The number of hydrogen-bond acceptors (Lipinski definition) is 6. The smallest absolute Gasteiger partial charge is 0.276 e. The maximum absolute atomic E-state index is 12.9. The zero-order chi connectivity index (χ0) is 18.8. The zero-order valence-corrected chi connectivity index (χ0v) is 16.4. The monoisotopic (exact) mass is 385 g/mol. The van der Waals surface area contributed by atoms with Gasteiger partial charge in [-0.3, -0.25) is 4.79 Å². The van der Waals surface area contributed by atoms with Gasteiger partial charge in [-0.15, -0.1) is 11.3 Å². The van der Waals surface area contributed by atoms with E-state index in [0.717, 1.165) is 36.7 Å². The van der Waals surface area contributed by atoms with Gasteiger partial charge < -0.3 is 14.0 Å². The van der Waals surface area contributed by atoms with Gasteiger partial charge in [-0.2, -0.15) is 0 Å². The number of amides is 1. The van der Waals surface area contributed by atoms with Gasteiger partial charge in [0.1, 0.15) is 11.6 Å². The summed E-state index contributed by atoms with van der Waals surface area (Å²) in [7, 11) is 0. The molecule has 7 nitrogen and oxygen atoms in total. The van der Waals surface area contributed by atoms with Crippen LogP contribution in [0.4, 0.5) is 0 Å². The lowest BCUT2D eigenvalue weighted by Gasteiger charge is -2.32. The Kier molecular flexibility index (Phi) is 5.07. The van der Waals surface area contributed by atoms with Crippen LogP contribution in [0.1, 0.15) is 66.3 Å². The Hall–Kier alpha value is -2.48. The third-order valence-electron chi connectivity index (χ3n) is 4.95. The van der Waals surface area contributed by atoms with Gasteiger partial charge in [0.25, 0.3) is 5.91 Å². The van der Waals surface area contributed by atoms with Crippen molar-refractivity contribution in [3.05, 3.63) is 52.3 Å². The van der Waals surface area contributed by atoms with Crippen molar-refractivity contribution in [1.29, 1.82) is 0 Å². The molecule has 1 saturated heterocycles. The maximum atomic E-state index is 12.9. The number of thiazole rings is 1.